The molecule has 2 rings (SSSR count). The van der Waals surface area contributed by atoms with Gasteiger partial charge in [-0.1, -0.05) is 13.8 Å². The minimum atomic E-state index is -3.42. The van der Waals surface area contributed by atoms with Gasteiger partial charge in [-0.05, 0) is 40.8 Å². The molecule has 19 heavy (non-hydrogen) atoms. The molecule has 1 atom stereocenters. The van der Waals surface area contributed by atoms with Crippen LogP contribution in [-0.2, 0) is 10.0 Å². The maximum atomic E-state index is 12.7. The van der Waals surface area contributed by atoms with Crippen LogP contribution in [0.15, 0.2) is 14.7 Å². The average molecular weight is 367 g/mol. The van der Waals surface area contributed by atoms with Crippen molar-refractivity contribution in [3.05, 3.63) is 15.4 Å². The summed E-state index contributed by atoms with van der Waals surface area (Å²) in [6.45, 7) is 6.92. The molecule has 1 aliphatic rings. The van der Waals surface area contributed by atoms with Crippen LogP contribution in [0, 0.1) is 12.3 Å². The first-order chi connectivity index (χ1) is 8.64. The molecular formula is C12H19BrN2O2S2. The Bertz CT molecular complexity index is 581. The summed E-state index contributed by atoms with van der Waals surface area (Å²) in [4.78, 5) is 0.985. The van der Waals surface area contributed by atoms with Crippen LogP contribution in [0.2, 0.25) is 0 Å². The second-order valence-electron chi connectivity index (χ2n) is 5.71. The summed E-state index contributed by atoms with van der Waals surface area (Å²) in [7, 11) is -3.42. The summed E-state index contributed by atoms with van der Waals surface area (Å²) in [5.74, 6) is 0. The molecule has 0 saturated carbocycles. The molecule has 2 heterocycles. The van der Waals surface area contributed by atoms with E-state index in [2.05, 4.69) is 15.9 Å². The zero-order valence-electron chi connectivity index (χ0n) is 11.3. The van der Waals surface area contributed by atoms with Crippen molar-refractivity contribution in [3.8, 4) is 0 Å². The van der Waals surface area contributed by atoms with Gasteiger partial charge >= 0.3 is 0 Å². The third kappa shape index (κ3) is 2.90. The van der Waals surface area contributed by atoms with Crippen molar-refractivity contribution in [2.75, 3.05) is 13.1 Å². The van der Waals surface area contributed by atoms with Gasteiger partial charge in [-0.2, -0.15) is 4.31 Å². The zero-order chi connectivity index (χ0) is 14.4. The highest BCUT2D eigenvalue weighted by molar-refractivity contribution is 9.10. The summed E-state index contributed by atoms with van der Waals surface area (Å²) in [6, 6.07) is 1.89. The van der Waals surface area contributed by atoms with Crippen molar-refractivity contribution in [1.29, 1.82) is 0 Å². The Morgan fingerprint density at radius 2 is 2.16 bits per heavy atom. The van der Waals surface area contributed by atoms with Crippen molar-refractivity contribution in [2.45, 2.75) is 37.4 Å². The van der Waals surface area contributed by atoms with Gasteiger partial charge in [-0.15, -0.1) is 11.3 Å². The summed E-state index contributed by atoms with van der Waals surface area (Å²) in [5.41, 5.74) is 5.87. The maximum absolute atomic E-state index is 12.7. The molecule has 0 spiro atoms. The monoisotopic (exact) mass is 366 g/mol. The van der Waals surface area contributed by atoms with Gasteiger partial charge in [-0.25, -0.2) is 8.42 Å². The molecule has 1 unspecified atom stereocenters. The smallest absolute Gasteiger partial charge is 0.253 e. The van der Waals surface area contributed by atoms with E-state index in [9.17, 15) is 8.42 Å². The van der Waals surface area contributed by atoms with E-state index >= 15 is 0 Å². The molecule has 1 fully saturated rings. The molecule has 1 saturated heterocycles. The fourth-order valence-electron chi connectivity index (χ4n) is 2.28. The largest absolute Gasteiger partial charge is 0.327 e. The van der Waals surface area contributed by atoms with E-state index in [1.807, 2.05) is 26.8 Å². The van der Waals surface area contributed by atoms with Crippen LogP contribution in [0.3, 0.4) is 0 Å². The molecule has 2 N–H and O–H groups in total. The number of aryl methyl sites for hydroxylation is 1. The Morgan fingerprint density at radius 1 is 1.53 bits per heavy atom. The van der Waals surface area contributed by atoms with Crippen LogP contribution in [0.4, 0.5) is 0 Å². The van der Waals surface area contributed by atoms with E-state index in [0.29, 0.717) is 28.2 Å². The second-order valence-corrected chi connectivity index (χ2v) is 9.96. The van der Waals surface area contributed by atoms with Crippen molar-refractivity contribution in [3.63, 3.8) is 0 Å². The van der Waals surface area contributed by atoms with Crippen LogP contribution in [-0.4, -0.2) is 31.9 Å². The summed E-state index contributed by atoms with van der Waals surface area (Å²) in [5, 5.41) is 0. The third-order valence-electron chi connectivity index (χ3n) is 3.63. The van der Waals surface area contributed by atoms with Gasteiger partial charge in [0.2, 0.25) is 0 Å². The number of nitrogens with zero attached hydrogens (tertiary/aromatic N) is 1. The van der Waals surface area contributed by atoms with Gasteiger partial charge in [0.1, 0.15) is 4.21 Å². The Balaban J connectivity index is 2.34. The lowest BCUT2D eigenvalue weighted by molar-refractivity contribution is 0.155. The molecule has 0 bridgehead atoms. The van der Waals surface area contributed by atoms with Gasteiger partial charge < -0.3 is 5.73 Å². The van der Waals surface area contributed by atoms with Crippen LogP contribution in [0.1, 0.15) is 25.1 Å². The minimum absolute atomic E-state index is 0.0486. The first kappa shape index (κ1) is 15.4. The van der Waals surface area contributed by atoms with Crippen molar-refractivity contribution >= 4 is 37.3 Å². The molecule has 0 radical (unpaired) electrons. The third-order valence-corrected chi connectivity index (χ3v) is 8.19. The van der Waals surface area contributed by atoms with Gasteiger partial charge in [0.15, 0.2) is 0 Å². The fourth-order valence-corrected chi connectivity index (χ4v) is 6.78. The predicted molar refractivity (Wildman–Crippen MR) is 81.9 cm³/mol. The topological polar surface area (TPSA) is 63.4 Å². The number of hydrogen-bond acceptors (Lipinski definition) is 4. The van der Waals surface area contributed by atoms with E-state index in [4.69, 9.17) is 5.73 Å². The molecule has 0 aromatic carbocycles. The molecule has 0 aliphatic carbocycles. The highest BCUT2D eigenvalue weighted by atomic mass is 79.9. The first-order valence-corrected chi connectivity index (χ1v) is 9.21. The lowest BCUT2D eigenvalue weighted by Gasteiger charge is -2.41. The Morgan fingerprint density at radius 3 is 2.63 bits per heavy atom. The number of halogens is 1. The van der Waals surface area contributed by atoms with Gasteiger partial charge in [0, 0.05) is 28.5 Å². The van der Waals surface area contributed by atoms with E-state index in [0.717, 1.165) is 4.88 Å². The minimum Gasteiger partial charge on any atom is -0.327 e. The lowest BCUT2D eigenvalue weighted by Crippen LogP contribution is -2.53. The van der Waals surface area contributed by atoms with Crippen molar-refractivity contribution in [2.24, 2.45) is 11.1 Å². The molecule has 0 amide bonds. The fraction of sp³-hybridized carbons (Fsp3) is 0.667. The number of hydrogen-bond donors (Lipinski definition) is 1. The van der Waals surface area contributed by atoms with Gasteiger partial charge in [0.05, 0.1) is 0 Å². The zero-order valence-corrected chi connectivity index (χ0v) is 14.5. The molecule has 4 nitrogen and oxygen atoms in total. The van der Waals surface area contributed by atoms with Crippen LogP contribution in [0.5, 0.6) is 0 Å². The molecular weight excluding hydrogens is 348 g/mol. The molecule has 1 aliphatic heterocycles. The van der Waals surface area contributed by atoms with Crippen LogP contribution < -0.4 is 5.73 Å². The van der Waals surface area contributed by atoms with Gasteiger partial charge in [-0.3, -0.25) is 0 Å². The van der Waals surface area contributed by atoms with Crippen molar-refractivity contribution in [1.82, 2.24) is 4.31 Å². The summed E-state index contributed by atoms with van der Waals surface area (Å²) < 4.78 is 28.0. The number of thiophene rings is 1. The predicted octanol–water partition coefficient (Wildman–Crippen LogP) is 2.57. The Kier molecular flexibility index (Phi) is 4.15. The number of nitrogens with two attached hydrogens (primary N) is 1. The molecule has 7 heteroatoms. The normalized spacial score (nSPS) is 24.6. The molecule has 108 valence electrons. The number of rotatable bonds is 2. The summed E-state index contributed by atoms with van der Waals surface area (Å²) in [6.07, 6.45) is 0.703. The maximum Gasteiger partial charge on any atom is 0.253 e. The van der Waals surface area contributed by atoms with E-state index in [1.165, 1.54) is 11.3 Å². The number of piperidine rings is 1. The quantitative estimate of drug-likeness (QED) is 0.874. The van der Waals surface area contributed by atoms with E-state index < -0.39 is 10.0 Å². The first-order valence-electron chi connectivity index (χ1n) is 6.16. The molecule has 1 aromatic heterocycles. The van der Waals surface area contributed by atoms with Gasteiger partial charge in [0.25, 0.3) is 10.0 Å². The van der Waals surface area contributed by atoms with Crippen LogP contribution >= 0.6 is 27.3 Å². The number of sulfonamides is 1. The standard InChI is InChI=1S/C12H19BrN2O2S2/c1-8-6-9(13)11(18-8)19(16,17)15-5-4-10(14)12(2,3)7-15/h6,10H,4-5,7,14H2,1-3H3. The SMILES string of the molecule is Cc1cc(Br)c(S(=O)(=O)N2CCC(N)C(C)(C)C2)s1. The lowest BCUT2D eigenvalue weighted by atomic mass is 9.81. The van der Waals surface area contributed by atoms with E-state index in [-0.39, 0.29) is 11.5 Å². The van der Waals surface area contributed by atoms with E-state index in [1.54, 1.807) is 4.31 Å². The highest BCUT2D eigenvalue weighted by Crippen LogP contribution is 2.37. The van der Waals surface area contributed by atoms with Crippen molar-refractivity contribution < 1.29 is 8.42 Å². The Labute approximate surface area is 127 Å². The average Bonchev–Trinajstić information content (AvgIpc) is 2.62. The van der Waals surface area contributed by atoms with Crippen LogP contribution in [0.25, 0.3) is 0 Å². The highest BCUT2D eigenvalue weighted by Gasteiger charge is 2.39. The molecule has 1 aromatic rings. The summed E-state index contributed by atoms with van der Waals surface area (Å²) >= 11 is 4.65. The Hall–Kier alpha value is 0.0500. The second kappa shape index (κ2) is 5.11.